The van der Waals surface area contributed by atoms with Crippen LogP contribution in [0.1, 0.15) is 64.3 Å². The van der Waals surface area contributed by atoms with Gasteiger partial charge < -0.3 is 19.5 Å². The van der Waals surface area contributed by atoms with E-state index in [0.717, 1.165) is 46.3 Å². The lowest BCUT2D eigenvalue weighted by molar-refractivity contribution is -0.163. The van der Waals surface area contributed by atoms with E-state index < -0.39 is 5.54 Å². The van der Waals surface area contributed by atoms with E-state index in [0.29, 0.717) is 13.0 Å². The number of aromatic amines is 1. The first kappa shape index (κ1) is 20.6. The van der Waals surface area contributed by atoms with E-state index in [9.17, 15) is 9.59 Å². The van der Waals surface area contributed by atoms with Crippen molar-refractivity contribution in [3.8, 4) is 5.75 Å². The number of allylic oxidation sites excluding steroid dienone is 1. The third-order valence-electron chi connectivity index (χ3n) is 7.91. The summed E-state index contributed by atoms with van der Waals surface area (Å²) in [6, 6.07) is 3.91. The van der Waals surface area contributed by atoms with Crippen LogP contribution >= 0.6 is 0 Å². The fourth-order valence-corrected chi connectivity index (χ4v) is 6.02. The third kappa shape index (κ3) is 2.79. The third-order valence-corrected chi connectivity index (χ3v) is 7.91. The average molecular weight is 446 g/mol. The smallest absolute Gasteiger partial charge is 0.250 e. The van der Waals surface area contributed by atoms with Crippen molar-refractivity contribution in [1.82, 2.24) is 14.8 Å². The first-order valence-electron chi connectivity index (χ1n) is 11.9. The molecule has 2 amide bonds. The molecule has 1 N–H and O–H groups in total. The highest BCUT2D eigenvalue weighted by molar-refractivity contribution is 6.01. The summed E-state index contributed by atoms with van der Waals surface area (Å²) in [6.45, 7) is 11.0. The Balaban J connectivity index is 1.56. The molecule has 6 nitrogen and oxygen atoms in total. The van der Waals surface area contributed by atoms with Crippen LogP contribution in [0.15, 0.2) is 30.5 Å². The first-order chi connectivity index (χ1) is 15.5. The number of hydrogen-bond donors (Lipinski definition) is 1. The molecule has 2 atom stereocenters. The molecule has 0 bridgehead atoms. The molecule has 2 saturated heterocycles. The van der Waals surface area contributed by atoms with Crippen molar-refractivity contribution in [1.29, 1.82) is 0 Å². The Morgan fingerprint density at radius 3 is 2.67 bits per heavy atom. The van der Waals surface area contributed by atoms with E-state index in [4.69, 9.17) is 4.74 Å². The molecule has 0 spiro atoms. The number of rotatable bonds is 0. The Labute approximate surface area is 194 Å². The Morgan fingerprint density at radius 2 is 1.88 bits per heavy atom. The number of nitrogens with one attached hydrogen (secondary N) is 1. The predicted octanol–water partition coefficient (Wildman–Crippen LogP) is 4.29. The number of ether oxygens (including phenoxy) is 1. The molecule has 33 heavy (non-hydrogen) atoms. The summed E-state index contributed by atoms with van der Waals surface area (Å²) in [4.78, 5) is 34.4. The van der Waals surface area contributed by atoms with Crippen LogP contribution in [-0.4, -0.2) is 50.3 Å². The van der Waals surface area contributed by atoms with Gasteiger partial charge in [0.15, 0.2) is 0 Å². The number of H-pyrrole nitrogens is 1. The molecule has 0 aliphatic carbocycles. The minimum absolute atomic E-state index is 0.0425. The van der Waals surface area contributed by atoms with Crippen molar-refractivity contribution in [2.45, 2.75) is 76.5 Å². The fraction of sp³-hybridized carbons (Fsp3) is 0.481. The Morgan fingerprint density at radius 1 is 1.09 bits per heavy atom. The van der Waals surface area contributed by atoms with Gasteiger partial charge in [-0.25, -0.2) is 0 Å². The van der Waals surface area contributed by atoms with E-state index in [1.807, 2.05) is 31.9 Å². The summed E-state index contributed by atoms with van der Waals surface area (Å²) in [6.07, 6.45) is 10.2. The lowest BCUT2D eigenvalue weighted by atomic mass is 9.78. The second-order valence-electron chi connectivity index (χ2n) is 11.3. The average Bonchev–Trinajstić information content (AvgIpc) is 3.35. The van der Waals surface area contributed by atoms with Crippen LogP contribution < -0.4 is 4.74 Å². The summed E-state index contributed by atoms with van der Waals surface area (Å²) in [5.41, 5.74) is 2.60. The number of aromatic nitrogens is 1. The van der Waals surface area contributed by atoms with Gasteiger partial charge in [-0.1, -0.05) is 26.0 Å². The van der Waals surface area contributed by atoms with Crippen molar-refractivity contribution in [2.75, 3.05) is 6.54 Å². The van der Waals surface area contributed by atoms with Crippen LogP contribution in [0.5, 0.6) is 5.75 Å². The van der Waals surface area contributed by atoms with Gasteiger partial charge in [-0.2, -0.15) is 0 Å². The van der Waals surface area contributed by atoms with E-state index in [1.165, 1.54) is 0 Å². The summed E-state index contributed by atoms with van der Waals surface area (Å²) in [5.74, 6) is 0.951. The maximum Gasteiger partial charge on any atom is 0.250 e. The Kier molecular flexibility index (Phi) is 3.93. The molecule has 6 heteroatoms. The van der Waals surface area contributed by atoms with Crippen molar-refractivity contribution in [2.24, 2.45) is 0 Å². The van der Waals surface area contributed by atoms with Crippen LogP contribution in [0.25, 0.3) is 17.0 Å². The SMILES string of the molecule is CC1(C)C=Cc2cc3c4c([nH]c3cc2O1)C(C)(C)C=CN1C(=O)C2CCCN2C(=O)C1(C)C4. The molecule has 4 aliphatic heterocycles. The summed E-state index contributed by atoms with van der Waals surface area (Å²) < 4.78 is 6.21. The summed E-state index contributed by atoms with van der Waals surface area (Å²) in [5, 5.41) is 1.09. The first-order valence-corrected chi connectivity index (χ1v) is 11.9. The molecule has 2 unspecified atom stereocenters. The predicted molar refractivity (Wildman–Crippen MR) is 128 cm³/mol. The van der Waals surface area contributed by atoms with Gasteiger partial charge >= 0.3 is 0 Å². The minimum Gasteiger partial charge on any atom is -0.483 e. The van der Waals surface area contributed by atoms with Gasteiger partial charge in [-0.15, -0.1) is 0 Å². The van der Waals surface area contributed by atoms with Crippen LogP contribution in [-0.2, 0) is 21.4 Å². The maximum atomic E-state index is 13.8. The van der Waals surface area contributed by atoms with E-state index in [2.05, 4.69) is 49.2 Å². The summed E-state index contributed by atoms with van der Waals surface area (Å²) >= 11 is 0. The molecule has 0 saturated carbocycles. The zero-order chi connectivity index (χ0) is 23.3. The fourth-order valence-electron chi connectivity index (χ4n) is 6.02. The summed E-state index contributed by atoms with van der Waals surface area (Å²) in [7, 11) is 0. The highest BCUT2D eigenvalue weighted by atomic mass is 16.5. The van der Waals surface area contributed by atoms with Crippen molar-refractivity contribution in [3.63, 3.8) is 0 Å². The highest BCUT2D eigenvalue weighted by Crippen LogP contribution is 2.44. The monoisotopic (exact) mass is 445 g/mol. The molecule has 6 rings (SSSR count). The van der Waals surface area contributed by atoms with Gasteiger partial charge in [0.25, 0.3) is 0 Å². The van der Waals surface area contributed by atoms with Crippen LogP contribution in [0, 0.1) is 0 Å². The zero-order valence-electron chi connectivity index (χ0n) is 20.0. The number of piperazine rings is 1. The quantitative estimate of drug-likeness (QED) is 0.658. The van der Waals surface area contributed by atoms with Gasteiger partial charge in [0.2, 0.25) is 11.8 Å². The van der Waals surface area contributed by atoms with Crippen molar-refractivity contribution in [3.05, 3.63) is 47.3 Å². The van der Waals surface area contributed by atoms with Crippen molar-refractivity contribution >= 4 is 28.8 Å². The Bertz CT molecular complexity index is 1280. The van der Waals surface area contributed by atoms with Gasteiger partial charge in [0.05, 0.1) is 0 Å². The number of fused-ring (bicyclic) bond motifs is 6. The van der Waals surface area contributed by atoms with Crippen LogP contribution in [0.4, 0.5) is 0 Å². The lowest BCUT2D eigenvalue weighted by Crippen LogP contribution is -2.68. The molecule has 0 radical (unpaired) electrons. The minimum atomic E-state index is -0.945. The van der Waals surface area contributed by atoms with Gasteiger partial charge in [0.1, 0.15) is 22.9 Å². The largest absolute Gasteiger partial charge is 0.483 e. The number of hydrogen-bond acceptors (Lipinski definition) is 3. The zero-order valence-corrected chi connectivity index (χ0v) is 20.0. The van der Waals surface area contributed by atoms with Gasteiger partial charge in [-0.05, 0) is 51.3 Å². The standard InChI is InChI=1S/C27H31N3O3/c1-25(2)10-12-30-23(31)20-7-6-11-29(20)24(32)27(30,5)15-18-17-13-16-8-9-26(3,4)33-21(16)14-19(17)28-22(18)25/h8-10,12-14,20,28H,6-7,11,15H2,1-5H3. The second-order valence-corrected chi connectivity index (χ2v) is 11.3. The molecular weight excluding hydrogens is 414 g/mol. The molecule has 5 heterocycles. The number of amides is 2. The lowest BCUT2D eigenvalue weighted by Gasteiger charge is -2.49. The molecular formula is C27H31N3O3. The van der Waals surface area contributed by atoms with Crippen molar-refractivity contribution < 1.29 is 14.3 Å². The van der Waals surface area contributed by atoms with E-state index in [1.54, 1.807) is 4.90 Å². The molecule has 2 aromatic rings. The highest BCUT2D eigenvalue weighted by Gasteiger charge is 2.55. The van der Waals surface area contributed by atoms with Crippen LogP contribution in [0.2, 0.25) is 0 Å². The van der Waals surface area contributed by atoms with Gasteiger partial charge in [-0.3, -0.25) is 9.59 Å². The number of benzene rings is 1. The number of carbonyl (C=O) groups is 2. The van der Waals surface area contributed by atoms with Crippen LogP contribution in [0.3, 0.4) is 0 Å². The van der Waals surface area contributed by atoms with Gasteiger partial charge in [0, 0.05) is 52.8 Å². The molecule has 1 aromatic heterocycles. The molecule has 1 aromatic carbocycles. The maximum absolute atomic E-state index is 13.8. The van der Waals surface area contributed by atoms with E-state index in [-0.39, 0.29) is 28.9 Å². The molecule has 172 valence electrons. The number of carbonyl (C=O) groups excluding carboxylic acids is 2. The second kappa shape index (κ2) is 6.31. The normalized spacial score (nSPS) is 29.2. The van der Waals surface area contributed by atoms with E-state index >= 15 is 0 Å². The number of nitrogens with zero attached hydrogens (tertiary/aromatic N) is 2. The molecule has 2 fully saturated rings. The topological polar surface area (TPSA) is 65.6 Å². The molecule has 4 aliphatic rings. The Hall–Kier alpha value is -3.02.